The lowest BCUT2D eigenvalue weighted by Gasteiger charge is -2.26. The molecule has 2 unspecified atom stereocenters. The van der Waals surface area contributed by atoms with Crippen molar-refractivity contribution in [1.29, 1.82) is 0 Å². The van der Waals surface area contributed by atoms with E-state index in [-0.39, 0.29) is 18.4 Å². The van der Waals surface area contributed by atoms with E-state index in [1.807, 2.05) is 0 Å². The third-order valence-electron chi connectivity index (χ3n) is 4.30. The molecule has 0 bridgehead atoms. The lowest BCUT2D eigenvalue weighted by molar-refractivity contribution is -0.158. The molecule has 8 heteroatoms. The Labute approximate surface area is 138 Å². The summed E-state index contributed by atoms with van der Waals surface area (Å²) in [5.41, 5.74) is 0.0504. The standard InChI is InChI=1S/C16H22O8/c1-2-3-9-13(16(23)24)10(15(21)22)6-8(4-5-17)11(18)7-12(19)14(9)20/h4,9-11,13,17-18H,2-3,5-7H2,1H3,(H,21,22)(H,23,24)/b8-4-/t9-,10?,11-,13?/m0/s1. The van der Waals surface area contributed by atoms with Crippen LogP contribution in [-0.4, -0.2) is 56.6 Å². The lowest BCUT2D eigenvalue weighted by Crippen LogP contribution is -2.40. The second-order valence-electron chi connectivity index (χ2n) is 5.88. The maximum Gasteiger partial charge on any atom is 0.308 e. The summed E-state index contributed by atoms with van der Waals surface area (Å²) in [6, 6.07) is 0. The summed E-state index contributed by atoms with van der Waals surface area (Å²) in [6.07, 6.45) is -0.705. The van der Waals surface area contributed by atoms with Crippen molar-refractivity contribution in [3.05, 3.63) is 11.6 Å². The van der Waals surface area contributed by atoms with Crippen molar-refractivity contribution < 1.29 is 39.6 Å². The number of aliphatic carboxylic acids is 2. The van der Waals surface area contributed by atoms with Crippen LogP contribution in [0.25, 0.3) is 0 Å². The molecule has 0 saturated heterocycles. The molecule has 134 valence electrons. The quantitative estimate of drug-likeness (QED) is 0.403. The van der Waals surface area contributed by atoms with Gasteiger partial charge < -0.3 is 20.4 Å². The van der Waals surface area contributed by atoms with Crippen LogP contribution >= 0.6 is 0 Å². The van der Waals surface area contributed by atoms with E-state index in [1.54, 1.807) is 6.92 Å². The Balaban J connectivity index is 3.47. The number of hydrogen-bond donors (Lipinski definition) is 4. The summed E-state index contributed by atoms with van der Waals surface area (Å²) in [7, 11) is 0. The van der Waals surface area contributed by atoms with Crippen molar-refractivity contribution in [2.45, 2.75) is 38.7 Å². The second-order valence-corrected chi connectivity index (χ2v) is 5.88. The van der Waals surface area contributed by atoms with Gasteiger partial charge in [0.2, 0.25) is 11.6 Å². The number of hydrogen-bond acceptors (Lipinski definition) is 6. The Bertz CT molecular complexity index is 550. The summed E-state index contributed by atoms with van der Waals surface area (Å²) >= 11 is 0. The van der Waals surface area contributed by atoms with Crippen LogP contribution in [0.3, 0.4) is 0 Å². The lowest BCUT2D eigenvalue weighted by atomic mass is 9.74. The number of carbonyl (C=O) groups is 4. The Kier molecular flexibility index (Phi) is 7.24. The number of aliphatic hydroxyl groups is 2. The summed E-state index contributed by atoms with van der Waals surface area (Å²) in [6.45, 7) is 1.20. The first kappa shape index (κ1) is 20.0. The Morgan fingerprint density at radius 1 is 1.17 bits per heavy atom. The molecule has 1 fully saturated rings. The van der Waals surface area contributed by atoms with Gasteiger partial charge in [-0.25, -0.2) is 0 Å². The number of carboxylic acids is 2. The molecule has 1 saturated carbocycles. The van der Waals surface area contributed by atoms with Crippen LogP contribution in [0.5, 0.6) is 0 Å². The van der Waals surface area contributed by atoms with E-state index < -0.39 is 60.4 Å². The molecule has 0 aromatic carbocycles. The second kappa shape index (κ2) is 8.70. The molecular weight excluding hydrogens is 320 g/mol. The van der Waals surface area contributed by atoms with Gasteiger partial charge in [0.1, 0.15) is 0 Å². The van der Waals surface area contributed by atoms with Crippen molar-refractivity contribution in [3.8, 4) is 0 Å². The highest BCUT2D eigenvalue weighted by molar-refractivity contribution is 6.38. The number of carboxylic acid groups (broad SMARTS) is 2. The van der Waals surface area contributed by atoms with Crippen LogP contribution in [-0.2, 0) is 19.2 Å². The van der Waals surface area contributed by atoms with Crippen molar-refractivity contribution in [3.63, 3.8) is 0 Å². The summed E-state index contributed by atoms with van der Waals surface area (Å²) in [5.74, 6) is -9.10. The summed E-state index contributed by atoms with van der Waals surface area (Å²) in [5, 5.41) is 38.0. The molecule has 0 amide bonds. The predicted molar refractivity (Wildman–Crippen MR) is 81.1 cm³/mol. The molecule has 1 rings (SSSR count). The maximum atomic E-state index is 12.3. The van der Waals surface area contributed by atoms with Crippen molar-refractivity contribution in [1.82, 2.24) is 0 Å². The van der Waals surface area contributed by atoms with Crippen molar-refractivity contribution >= 4 is 23.5 Å². The van der Waals surface area contributed by atoms with Crippen LogP contribution in [0, 0.1) is 17.8 Å². The minimum atomic E-state index is -1.58. The first-order chi connectivity index (χ1) is 11.2. The number of aliphatic hydroxyl groups excluding tert-OH is 2. The molecule has 1 aliphatic carbocycles. The average Bonchev–Trinajstić information content (AvgIpc) is 2.53. The van der Waals surface area contributed by atoms with E-state index in [0.717, 1.165) is 6.08 Å². The number of ketones is 2. The molecule has 0 spiro atoms. The van der Waals surface area contributed by atoms with E-state index in [2.05, 4.69) is 0 Å². The normalized spacial score (nSPS) is 30.5. The topological polar surface area (TPSA) is 149 Å². The summed E-state index contributed by atoms with van der Waals surface area (Å²) < 4.78 is 0. The van der Waals surface area contributed by atoms with Crippen LogP contribution < -0.4 is 0 Å². The molecule has 0 aromatic heterocycles. The van der Waals surface area contributed by atoms with E-state index in [1.165, 1.54) is 0 Å². The monoisotopic (exact) mass is 342 g/mol. The summed E-state index contributed by atoms with van der Waals surface area (Å²) in [4.78, 5) is 47.7. The van der Waals surface area contributed by atoms with Gasteiger partial charge in [0, 0.05) is 12.3 Å². The molecule has 4 atom stereocenters. The Morgan fingerprint density at radius 2 is 1.79 bits per heavy atom. The van der Waals surface area contributed by atoms with Gasteiger partial charge in [0.25, 0.3) is 0 Å². The number of rotatable bonds is 5. The molecule has 0 radical (unpaired) electrons. The first-order valence-corrected chi connectivity index (χ1v) is 7.75. The van der Waals surface area contributed by atoms with Gasteiger partial charge in [0.05, 0.1) is 24.5 Å². The molecule has 0 aliphatic heterocycles. The zero-order valence-corrected chi connectivity index (χ0v) is 13.3. The van der Waals surface area contributed by atoms with E-state index in [0.29, 0.717) is 6.42 Å². The van der Waals surface area contributed by atoms with E-state index in [4.69, 9.17) is 5.11 Å². The highest BCUT2D eigenvalue weighted by Crippen LogP contribution is 2.34. The van der Waals surface area contributed by atoms with E-state index in [9.17, 15) is 34.5 Å². The van der Waals surface area contributed by atoms with Gasteiger partial charge in [-0.1, -0.05) is 19.4 Å². The Hall–Kier alpha value is -2.06. The minimum Gasteiger partial charge on any atom is -0.481 e. The van der Waals surface area contributed by atoms with Crippen LogP contribution in [0.2, 0.25) is 0 Å². The molecule has 8 nitrogen and oxygen atoms in total. The highest BCUT2D eigenvalue weighted by Gasteiger charge is 2.46. The molecule has 4 N–H and O–H groups in total. The fraction of sp³-hybridized carbons (Fsp3) is 0.625. The van der Waals surface area contributed by atoms with Crippen LogP contribution in [0.15, 0.2) is 11.6 Å². The molecule has 24 heavy (non-hydrogen) atoms. The maximum absolute atomic E-state index is 12.3. The van der Waals surface area contributed by atoms with Gasteiger partial charge >= 0.3 is 11.9 Å². The predicted octanol–water partition coefficient (Wildman–Crippen LogP) is 0.0159. The molecular formula is C16H22O8. The number of carbonyl (C=O) groups excluding carboxylic acids is 2. The highest BCUT2D eigenvalue weighted by atomic mass is 16.4. The van der Waals surface area contributed by atoms with Gasteiger partial charge in [0.15, 0.2) is 0 Å². The van der Waals surface area contributed by atoms with Gasteiger partial charge in [-0.05, 0) is 18.4 Å². The van der Waals surface area contributed by atoms with E-state index >= 15 is 0 Å². The van der Waals surface area contributed by atoms with Gasteiger partial charge in [-0.3, -0.25) is 19.2 Å². The largest absolute Gasteiger partial charge is 0.481 e. The third-order valence-corrected chi connectivity index (χ3v) is 4.30. The van der Waals surface area contributed by atoms with Gasteiger partial charge in [-0.2, -0.15) is 0 Å². The van der Waals surface area contributed by atoms with Crippen molar-refractivity contribution in [2.24, 2.45) is 17.8 Å². The molecule has 0 heterocycles. The minimum absolute atomic E-state index is 0.0504. The first-order valence-electron chi connectivity index (χ1n) is 7.75. The number of Topliss-reactive ketones (excluding diaryl/α,β-unsaturated/α-hetero) is 2. The zero-order chi connectivity index (χ0) is 18.4. The fourth-order valence-corrected chi connectivity index (χ4v) is 3.12. The van der Waals surface area contributed by atoms with Crippen LogP contribution in [0.4, 0.5) is 0 Å². The Morgan fingerprint density at radius 3 is 2.25 bits per heavy atom. The smallest absolute Gasteiger partial charge is 0.308 e. The third kappa shape index (κ3) is 4.48. The molecule has 1 aliphatic rings. The average molecular weight is 342 g/mol. The zero-order valence-electron chi connectivity index (χ0n) is 13.3. The van der Waals surface area contributed by atoms with Crippen molar-refractivity contribution in [2.75, 3.05) is 6.61 Å². The van der Waals surface area contributed by atoms with Gasteiger partial charge in [-0.15, -0.1) is 0 Å². The molecule has 0 aromatic rings. The van der Waals surface area contributed by atoms with Crippen LogP contribution in [0.1, 0.15) is 32.6 Å². The fourth-order valence-electron chi connectivity index (χ4n) is 3.12. The SMILES string of the molecule is CCC[C@@H]1C(=O)C(=O)C[C@H](O)/C(=C\CO)CC(C(=O)O)C1C(=O)O.